The lowest BCUT2D eigenvalue weighted by Gasteiger charge is -2.13. The Morgan fingerprint density at radius 3 is 2.39 bits per heavy atom. The molecule has 3 N–H and O–H groups in total. The van der Waals surface area contributed by atoms with Crippen LogP contribution in [0, 0.1) is 0 Å². The second-order valence-electron chi connectivity index (χ2n) is 7.31. The van der Waals surface area contributed by atoms with Crippen LogP contribution in [0.2, 0.25) is 5.02 Å². The number of nitrogens with zero attached hydrogens (tertiary/aromatic N) is 2. The Balaban J connectivity index is 1.68. The number of ketones is 1. The van der Waals surface area contributed by atoms with Crippen LogP contribution >= 0.6 is 11.6 Å². The molecule has 0 amide bonds. The number of hydrogen-bond donors (Lipinski definition) is 2. The van der Waals surface area contributed by atoms with Crippen molar-refractivity contribution in [3.63, 3.8) is 0 Å². The number of rotatable bonds is 8. The van der Waals surface area contributed by atoms with Gasteiger partial charge in [0.15, 0.2) is 6.61 Å². The molecule has 0 radical (unpaired) electrons. The molecule has 10 heteroatoms. The monoisotopic (exact) mass is 470 g/mol. The molecule has 0 fully saturated rings. The van der Waals surface area contributed by atoms with Crippen LogP contribution in [-0.4, -0.2) is 34.0 Å². The fourth-order valence-electron chi connectivity index (χ4n) is 3.21. The fraction of sp³-hybridized carbons (Fsp3) is 0.217. The first-order valence-corrected chi connectivity index (χ1v) is 10.4. The number of benzene rings is 2. The molecule has 0 bridgehead atoms. The minimum Gasteiger partial charge on any atom is -0.454 e. The molecule has 0 aliphatic carbocycles. The highest BCUT2D eigenvalue weighted by Gasteiger charge is 2.22. The van der Waals surface area contributed by atoms with Gasteiger partial charge in [0.2, 0.25) is 5.78 Å². The molecule has 33 heavy (non-hydrogen) atoms. The molecule has 0 spiro atoms. The molecule has 172 valence electrons. The Kier molecular flexibility index (Phi) is 7.34. The Labute approximate surface area is 194 Å². The number of esters is 1. The summed E-state index contributed by atoms with van der Waals surface area (Å²) in [5, 5.41) is 3.84. The second kappa shape index (κ2) is 10.2. The van der Waals surface area contributed by atoms with E-state index >= 15 is 0 Å². The Morgan fingerprint density at radius 2 is 1.70 bits per heavy atom. The molecule has 0 unspecified atom stereocenters. The van der Waals surface area contributed by atoms with Crippen molar-refractivity contribution >= 4 is 34.9 Å². The van der Waals surface area contributed by atoms with Gasteiger partial charge in [-0.25, -0.2) is 9.59 Å². The van der Waals surface area contributed by atoms with Gasteiger partial charge in [-0.3, -0.25) is 18.7 Å². The van der Waals surface area contributed by atoms with Crippen LogP contribution in [0.1, 0.15) is 26.3 Å². The number of nitrogens with one attached hydrogen (secondary N) is 1. The summed E-state index contributed by atoms with van der Waals surface area (Å²) in [5.41, 5.74) is 5.73. The van der Waals surface area contributed by atoms with Gasteiger partial charge in [-0.1, -0.05) is 35.9 Å². The summed E-state index contributed by atoms with van der Waals surface area (Å²) in [6.45, 7) is -0.148. The van der Waals surface area contributed by atoms with E-state index in [1.165, 1.54) is 14.1 Å². The highest BCUT2D eigenvalue weighted by Crippen LogP contribution is 2.17. The zero-order valence-corrected chi connectivity index (χ0v) is 18.9. The van der Waals surface area contributed by atoms with Crippen LogP contribution in [0.15, 0.2) is 58.1 Å². The minimum atomic E-state index is -0.846. The van der Waals surface area contributed by atoms with E-state index in [0.29, 0.717) is 23.7 Å². The van der Waals surface area contributed by atoms with Crippen LogP contribution < -0.4 is 22.3 Å². The molecule has 0 saturated carbocycles. The number of carbonyl (C=O) groups excluding carboxylic acids is 2. The average Bonchev–Trinajstić information content (AvgIpc) is 2.81. The van der Waals surface area contributed by atoms with Crippen LogP contribution in [0.4, 0.5) is 11.5 Å². The van der Waals surface area contributed by atoms with E-state index in [1.807, 2.05) is 24.3 Å². The zero-order valence-electron chi connectivity index (χ0n) is 18.1. The summed E-state index contributed by atoms with van der Waals surface area (Å²) in [6, 6.07) is 14.2. The van der Waals surface area contributed by atoms with E-state index in [1.54, 1.807) is 24.3 Å². The summed E-state index contributed by atoms with van der Waals surface area (Å²) in [4.78, 5) is 49.4. The number of Topliss-reactive ketones (excluding diaryl/α,β-unsaturated/α-hetero) is 1. The molecule has 2 aromatic carbocycles. The van der Waals surface area contributed by atoms with Crippen molar-refractivity contribution in [2.24, 2.45) is 14.1 Å². The van der Waals surface area contributed by atoms with E-state index in [2.05, 4.69) is 5.32 Å². The summed E-state index contributed by atoms with van der Waals surface area (Å²) in [7, 11) is 2.57. The first-order valence-electron chi connectivity index (χ1n) is 10.0. The largest absolute Gasteiger partial charge is 0.454 e. The number of carbonyl (C=O) groups is 2. The van der Waals surface area contributed by atoms with E-state index in [-0.39, 0.29) is 11.4 Å². The molecule has 3 aromatic rings. The smallest absolute Gasteiger partial charge is 0.340 e. The summed E-state index contributed by atoms with van der Waals surface area (Å²) < 4.78 is 6.90. The van der Waals surface area contributed by atoms with E-state index in [9.17, 15) is 19.2 Å². The number of aromatic nitrogens is 2. The van der Waals surface area contributed by atoms with Crippen molar-refractivity contribution < 1.29 is 14.3 Å². The van der Waals surface area contributed by atoms with Crippen molar-refractivity contribution in [1.82, 2.24) is 9.13 Å². The number of halogens is 1. The first-order chi connectivity index (χ1) is 15.7. The van der Waals surface area contributed by atoms with Gasteiger partial charge in [-0.15, -0.1) is 0 Å². The van der Waals surface area contributed by atoms with E-state index in [4.69, 9.17) is 22.1 Å². The molecule has 0 saturated heterocycles. The highest BCUT2D eigenvalue weighted by atomic mass is 35.5. The number of anilines is 2. The van der Waals surface area contributed by atoms with Gasteiger partial charge in [-0.05, 0) is 36.2 Å². The van der Waals surface area contributed by atoms with Crippen LogP contribution in [0.3, 0.4) is 0 Å². The van der Waals surface area contributed by atoms with Gasteiger partial charge >= 0.3 is 11.7 Å². The zero-order chi connectivity index (χ0) is 24.1. The third-order valence-corrected chi connectivity index (χ3v) is 5.36. The van der Waals surface area contributed by atoms with Crippen molar-refractivity contribution in [1.29, 1.82) is 0 Å². The van der Waals surface area contributed by atoms with Gasteiger partial charge in [0.25, 0.3) is 5.56 Å². The van der Waals surface area contributed by atoms with Crippen molar-refractivity contribution in [2.75, 3.05) is 24.2 Å². The third kappa shape index (κ3) is 5.32. The normalized spacial score (nSPS) is 10.6. The third-order valence-electron chi connectivity index (χ3n) is 5.11. The Hall–Kier alpha value is -3.85. The molecule has 0 aliphatic rings. The van der Waals surface area contributed by atoms with Crippen LogP contribution in [0.25, 0.3) is 0 Å². The lowest BCUT2D eigenvalue weighted by Crippen LogP contribution is -2.42. The van der Waals surface area contributed by atoms with E-state index in [0.717, 1.165) is 14.7 Å². The van der Waals surface area contributed by atoms with Gasteiger partial charge in [0, 0.05) is 31.4 Å². The molecule has 0 atom stereocenters. The van der Waals surface area contributed by atoms with Gasteiger partial charge in [-0.2, -0.15) is 0 Å². The van der Waals surface area contributed by atoms with Crippen molar-refractivity contribution in [3.05, 3.63) is 91.1 Å². The molecule has 1 heterocycles. The maximum atomic E-state index is 12.6. The lowest BCUT2D eigenvalue weighted by molar-refractivity contribution is 0.0475. The maximum absolute atomic E-state index is 12.6. The summed E-state index contributed by atoms with van der Waals surface area (Å²) in [5.74, 6) is -1.82. The maximum Gasteiger partial charge on any atom is 0.340 e. The van der Waals surface area contributed by atoms with Crippen LogP contribution in [0.5, 0.6) is 0 Å². The van der Waals surface area contributed by atoms with Gasteiger partial charge in [0.1, 0.15) is 11.4 Å². The Bertz CT molecular complexity index is 1310. The standard InChI is InChI=1S/C23H23ClN4O5/c1-27-20(25)19(21(30)28(2)23(27)32)18(29)13-33-22(31)16-5-3-4-6-17(16)26-12-11-14-7-9-15(24)10-8-14/h3-10,26H,11-13,25H2,1-2H3. The minimum absolute atomic E-state index is 0.239. The number of nitrogen functional groups attached to an aromatic ring is 1. The quantitative estimate of drug-likeness (QED) is 0.381. The number of para-hydroxylation sites is 1. The number of ether oxygens (including phenoxy) is 1. The molecule has 1 aromatic heterocycles. The Morgan fingerprint density at radius 1 is 1.03 bits per heavy atom. The number of nitrogens with two attached hydrogens (primary N) is 1. The SMILES string of the molecule is Cn1c(N)c(C(=O)COC(=O)c2ccccc2NCCc2ccc(Cl)cc2)c(=O)n(C)c1=O. The topological polar surface area (TPSA) is 125 Å². The lowest BCUT2D eigenvalue weighted by atomic mass is 10.1. The highest BCUT2D eigenvalue weighted by molar-refractivity contribution is 6.30. The fourth-order valence-corrected chi connectivity index (χ4v) is 3.34. The first kappa shape index (κ1) is 23.8. The molecular weight excluding hydrogens is 448 g/mol. The molecule has 3 rings (SSSR count). The van der Waals surface area contributed by atoms with Crippen LogP contribution in [-0.2, 0) is 25.3 Å². The average molecular weight is 471 g/mol. The van der Waals surface area contributed by atoms with E-state index < -0.39 is 35.2 Å². The predicted octanol–water partition coefficient (Wildman–Crippen LogP) is 2.01. The second-order valence-corrected chi connectivity index (χ2v) is 7.75. The number of hydrogen-bond acceptors (Lipinski definition) is 7. The molecule has 9 nitrogen and oxygen atoms in total. The van der Waals surface area contributed by atoms with Gasteiger partial charge < -0.3 is 15.8 Å². The predicted molar refractivity (Wildman–Crippen MR) is 126 cm³/mol. The molecule has 0 aliphatic heterocycles. The summed E-state index contributed by atoms with van der Waals surface area (Å²) >= 11 is 5.90. The molecular formula is C23H23ClN4O5. The van der Waals surface area contributed by atoms with Crippen molar-refractivity contribution in [3.8, 4) is 0 Å². The summed E-state index contributed by atoms with van der Waals surface area (Å²) in [6.07, 6.45) is 0.703. The van der Waals surface area contributed by atoms with Crippen molar-refractivity contribution in [2.45, 2.75) is 6.42 Å². The van der Waals surface area contributed by atoms with Gasteiger partial charge in [0.05, 0.1) is 5.56 Å².